The lowest BCUT2D eigenvalue weighted by atomic mass is 10.2. The van der Waals surface area contributed by atoms with Crippen LogP contribution in [0.15, 0.2) is 0 Å². The van der Waals surface area contributed by atoms with E-state index < -0.39 is 0 Å². The number of anilines is 1. The molecule has 0 saturated carbocycles. The van der Waals surface area contributed by atoms with Crippen LogP contribution in [-0.4, -0.2) is 64.0 Å². The molecule has 0 atom stereocenters. The molecule has 1 aliphatic rings. The fourth-order valence-electron chi connectivity index (χ4n) is 2.83. The van der Waals surface area contributed by atoms with Gasteiger partial charge in [0.05, 0.1) is 11.5 Å². The number of hydrogen-bond donors (Lipinski definition) is 1. The smallest absolute Gasteiger partial charge is 0.334 e. The van der Waals surface area contributed by atoms with Gasteiger partial charge in [-0.1, -0.05) is 13.3 Å². The van der Waals surface area contributed by atoms with Crippen LogP contribution in [0.2, 0.25) is 0 Å². The van der Waals surface area contributed by atoms with Crippen molar-refractivity contribution < 1.29 is 10.0 Å². The van der Waals surface area contributed by atoms with Crippen molar-refractivity contribution >= 4 is 11.5 Å². The first-order chi connectivity index (χ1) is 10.1. The summed E-state index contributed by atoms with van der Waals surface area (Å²) >= 11 is 0. The summed E-state index contributed by atoms with van der Waals surface area (Å²) < 4.78 is 1.63. The lowest BCUT2D eigenvalue weighted by Crippen LogP contribution is -2.47. The van der Waals surface area contributed by atoms with Crippen LogP contribution in [0.3, 0.4) is 0 Å². The molecular formula is C13H23N5O3. The summed E-state index contributed by atoms with van der Waals surface area (Å²) in [5, 5.41) is 24.7. The van der Waals surface area contributed by atoms with Crippen molar-refractivity contribution in [1.82, 2.24) is 14.7 Å². The van der Waals surface area contributed by atoms with E-state index in [-0.39, 0.29) is 17.2 Å². The van der Waals surface area contributed by atoms with E-state index in [2.05, 4.69) is 10.00 Å². The van der Waals surface area contributed by atoms with Crippen molar-refractivity contribution in [2.24, 2.45) is 7.05 Å². The topological polar surface area (TPSA) is 87.7 Å². The van der Waals surface area contributed by atoms with E-state index >= 15 is 0 Å². The second-order valence-electron chi connectivity index (χ2n) is 5.30. The highest BCUT2D eigenvalue weighted by atomic mass is 16.6. The Kier molecular flexibility index (Phi) is 5.13. The fraction of sp³-hybridized carbons (Fsp3) is 0.769. The zero-order chi connectivity index (χ0) is 15.4. The predicted octanol–water partition coefficient (Wildman–Crippen LogP) is 0.395. The molecule has 8 nitrogen and oxygen atoms in total. The highest BCUT2D eigenvalue weighted by molar-refractivity contribution is 5.62. The Labute approximate surface area is 124 Å². The van der Waals surface area contributed by atoms with Gasteiger partial charge in [-0.05, 0) is 6.42 Å². The summed E-state index contributed by atoms with van der Waals surface area (Å²) in [6.45, 7) is 5.82. The number of hydrogen-bond acceptors (Lipinski definition) is 6. The van der Waals surface area contributed by atoms with Crippen LogP contribution in [0.1, 0.15) is 19.0 Å². The molecule has 1 aromatic rings. The number of β-amino-alcohol motifs (C(OH)–C–C–N with tert-alkyl or cyclic N) is 1. The molecule has 21 heavy (non-hydrogen) atoms. The number of aliphatic hydroxyl groups is 1. The van der Waals surface area contributed by atoms with Gasteiger partial charge in [-0.15, -0.1) is 0 Å². The van der Waals surface area contributed by atoms with Crippen molar-refractivity contribution in [2.75, 3.05) is 44.2 Å². The molecule has 0 unspecified atom stereocenters. The lowest BCUT2D eigenvalue weighted by Gasteiger charge is -2.34. The van der Waals surface area contributed by atoms with Gasteiger partial charge in [-0.25, -0.2) is 4.68 Å². The van der Waals surface area contributed by atoms with Crippen LogP contribution >= 0.6 is 0 Å². The number of nitro groups is 1. The molecule has 118 valence electrons. The van der Waals surface area contributed by atoms with Crippen molar-refractivity contribution in [3.8, 4) is 0 Å². The van der Waals surface area contributed by atoms with E-state index in [1.807, 2.05) is 11.8 Å². The molecule has 8 heteroatoms. The first-order valence-electron chi connectivity index (χ1n) is 7.36. The maximum Gasteiger partial charge on any atom is 0.334 e. The molecule has 1 aliphatic heterocycles. The molecule has 0 aliphatic carbocycles. The monoisotopic (exact) mass is 297 g/mol. The number of aromatic nitrogens is 2. The molecule has 0 bridgehead atoms. The molecule has 1 saturated heterocycles. The molecule has 0 spiro atoms. The van der Waals surface area contributed by atoms with Crippen molar-refractivity contribution in [3.63, 3.8) is 0 Å². The second-order valence-corrected chi connectivity index (χ2v) is 5.30. The average molecular weight is 297 g/mol. The van der Waals surface area contributed by atoms with E-state index in [1.54, 1.807) is 11.7 Å². The molecule has 0 aromatic carbocycles. The maximum absolute atomic E-state index is 11.4. The third-order valence-electron chi connectivity index (χ3n) is 3.82. The molecule has 1 N–H and O–H groups in total. The summed E-state index contributed by atoms with van der Waals surface area (Å²) in [7, 11) is 1.77. The largest absolute Gasteiger partial charge is 0.395 e. The normalized spacial score (nSPS) is 16.4. The van der Waals surface area contributed by atoms with Crippen molar-refractivity contribution in [2.45, 2.75) is 19.8 Å². The number of aliphatic hydroxyl groups excluding tert-OH is 1. The Morgan fingerprint density at radius 3 is 2.52 bits per heavy atom. The minimum Gasteiger partial charge on any atom is -0.395 e. The van der Waals surface area contributed by atoms with Gasteiger partial charge in [0.15, 0.2) is 0 Å². The van der Waals surface area contributed by atoms with Crippen molar-refractivity contribution in [1.29, 1.82) is 0 Å². The Hall–Kier alpha value is -1.67. The average Bonchev–Trinajstić information content (AvgIpc) is 2.77. The summed E-state index contributed by atoms with van der Waals surface area (Å²) in [5.41, 5.74) is 0.716. The number of nitrogens with zero attached hydrogens (tertiary/aromatic N) is 5. The second kappa shape index (κ2) is 6.86. The number of rotatable bonds is 6. The first-order valence-corrected chi connectivity index (χ1v) is 7.36. The molecule has 0 amide bonds. The van der Waals surface area contributed by atoms with Gasteiger partial charge < -0.3 is 10.0 Å². The first kappa shape index (κ1) is 15.7. The molecule has 1 aromatic heterocycles. The van der Waals surface area contributed by atoms with Gasteiger partial charge in [-0.3, -0.25) is 15.0 Å². The van der Waals surface area contributed by atoms with Gasteiger partial charge in [0.1, 0.15) is 5.69 Å². The van der Waals surface area contributed by atoms with Gasteiger partial charge in [0.25, 0.3) is 0 Å². The number of piperazine rings is 1. The zero-order valence-electron chi connectivity index (χ0n) is 12.7. The quantitative estimate of drug-likeness (QED) is 0.604. The standard InChI is InChI=1S/C13H23N5O3/c1-3-4-11-12(18(20)21)13(15(2)14-11)17-7-5-16(6-8-17)9-10-19/h19H,3-10H2,1-2H3. The Balaban J connectivity index is 2.21. The molecular weight excluding hydrogens is 274 g/mol. The summed E-state index contributed by atoms with van der Waals surface area (Å²) in [6.07, 6.45) is 1.45. The molecule has 2 rings (SSSR count). The van der Waals surface area contributed by atoms with Gasteiger partial charge in [0.2, 0.25) is 5.82 Å². The third kappa shape index (κ3) is 3.33. The van der Waals surface area contributed by atoms with Crippen LogP contribution in [0.5, 0.6) is 0 Å². The predicted molar refractivity (Wildman–Crippen MR) is 79.6 cm³/mol. The number of aryl methyl sites for hydroxylation is 2. The Bertz CT molecular complexity index is 494. The van der Waals surface area contributed by atoms with Crippen molar-refractivity contribution in [3.05, 3.63) is 15.8 Å². The van der Waals surface area contributed by atoms with Crippen LogP contribution < -0.4 is 4.90 Å². The molecule has 1 fully saturated rings. The minimum absolute atomic E-state index is 0.145. The van der Waals surface area contributed by atoms with E-state index in [9.17, 15) is 10.1 Å². The van der Waals surface area contributed by atoms with Crippen LogP contribution in [0, 0.1) is 10.1 Å². The van der Waals surface area contributed by atoms with Gasteiger partial charge in [0, 0.05) is 39.8 Å². The maximum atomic E-state index is 11.4. The summed E-state index contributed by atoms with van der Waals surface area (Å²) in [4.78, 5) is 15.3. The Morgan fingerprint density at radius 2 is 2.00 bits per heavy atom. The summed E-state index contributed by atoms with van der Waals surface area (Å²) in [5.74, 6) is 0.604. The lowest BCUT2D eigenvalue weighted by molar-refractivity contribution is -0.384. The zero-order valence-corrected chi connectivity index (χ0v) is 12.7. The third-order valence-corrected chi connectivity index (χ3v) is 3.82. The fourth-order valence-corrected chi connectivity index (χ4v) is 2.83. The molecule has 0 radical (unpaired) electrons. The van der Waals surface area contributed by atoms with E-state index in [0.717, 1.165) is 19.5 Å². The van der Waals surface area contributed by atoms with Crippen LogP contribution in [-0.2, 0) is 13.5 Å². The highest BCUT2D eigenvalue weighted by Gasteiger charge is 2.31. The van der Waals surface area contributed by atoms with Crippen LogP contribution in [0.25, 0.3) is 0 Å². The van der Waals surface area contributed by atoms with E-state index in [0.29, 0.717) is 37.6 Å². The van der Waals surface area contributed by atoms with Gasteiger partial charge in [-0.2, -0.15) is 5.10 Å². The molecule has 2 heterocycles. The van der Waals surface area contributed by atoms with Gasteiger partial charge >= 0.3 is 5.69 Å². The highest BCUT2D eigenvalue weighted by Crippen LogP contribution is 2.32. The summed E-state index contributed by atoms with van der Waals surface area (Å²) in [6, 6.07) is 0. The van der Waals surface area contributed by atoms with E-state index in [4.69, 9.17) is 5.11 Å². The minimum atomic E-state index is -0.312. The SMILES string of the molecule is CCCc1nn(C)c(N2CCN(CCO)CC2)c1[N+](=O)[O-]. The van der Waals surface area contributed by atoms with E-state index in [1.165, 1.54) is 0 Å². The van der Waals surface area contributed by atoms with Crippen LogP contribution in [0.4, 0.5) is 11.5 Å². The Morgan fingerprint density at radius 1 is 1.33 bits per heavy atom.